The topological polar surface area (TPSA) is 92.9 Å². The summed E-state index contributed by atoms with van der Waals surface area (Å²) < 4.78 is 33.0. The van der Waals surface area contributed by atoms with E-state index in [1.54, 1.807) is 11.0 Å². The standard InChI is InChI=1S/C19H29N3O4S/c1-15-3-4-16(2)17(13-15)27(24,25)22-9-7-21(8-10-22)18(23)19(14-20)5-11-26-12-6-19/h3-4,13H,5-12,14,20H2,1-2H3. The van der Waals surface area contributed by atoms with E-state index in [4.69, 9.17) is 10.5 Å². The molecule has 150 valence electrons. The van der Waals surface area contributed by atoms with Crippen molar-refractivity contribution in [1.29, 1.82) is 0 Å². The summed E-state index contributed by atoms with van der Waals surface area (Å²) in [6, 6.07) is 5.46. The first-order chi connectivity index (χ1) is 12.8. The van der Waals surface area contributed by atoms with E-state index in [-0.39, 0.29) is 5.91 Å². The molecule has 2 aliphatic rings. The smallest absolute Gasteiger partial charge is 0.243 e. The lowest BCUT2D eigenvalue weighted by Gasteiger charge is -2.42. The van der Waals surface area contributed by atoms with Crippen LogP contribution in [-0.4, -0.2) is 69.5 Å². The Balaban J connectivity index is 1.71. The maximum absolute atomic E-state index is 13.1. The molecule has 0 bridgehead atoms. The van der Waals surface area contributed by atoms with Gasteiger partial charge in [-0.1, -0.05) is 12.1 Å². The molecule has 0 spiro atoms. The molecule has 1 amide bonds. The predicted octanol–water partition coefficient (Wildman–Crippen LogP) is 0.892. The number of sulfonamides is 1. The Morgan fingerprint density at radius 1 is 1.15 bits per heavy atom. The molecule has 0 saturated carbocycles. The Morgan fingerprint density at radius 3 is 2.37 bits per heavy atom. The van der Waals surface area contributed by atoms with Crippen LogP contribution in [-0.2, 0) is 19.6 Å². The number of hydrogen-bond donors (Lipinski definition) is 1. The van der Waals surface area contributed by atoms with Crippen molar-refractivity contribution in [1.82, 2.24) is 9.21 Å². The molecule has 2 aliphatic heterocycles. The maximum Gasteiger partial charge on any atom is 0.243 e. The predicted molar refractivity (Wildman–Crippen MR) is 103 cm³/mol. The van der Waals surface area contributed by atoms with E-state index in [1.165, 1.54) is 4.31 Å². The Labute approximate surface area is 161 Å². The summed E-state index contributed by atoms with van der Waals surface area (Å²) >= 11 is 0. The number of rotatable bonds is 4. The fourth-order valence-electron chi connectivity index (χ4n) is 3.86. The van der Waals surface area contributed by atoms with Crippen LogP contribution >= 0.6 is 0 Å². The van der Waals surface area contributed by atoms with Crippen molar-refractivity contribution in [3.63, 3.8) is 0 Å². The lowest BCUT2D eigenvalue weighted by Crippen LogP contribution is -2.57. The van der Waals surface area contributed by atoms with E-state index in [1.807, 2.05) is 26.0 Å². The average Bonchev–Trinajstić information content (AvgIpc) is 2.69. The number of nitrogens with two attached hydrogens (primary N) is 1. The van der Waals surface area contributed by atoms with Crippen molar-refractivity contribution in [3.8, 4) is 0 Å². The van der Waals surface area contributed by atoms with Crippen LogP contribution in [0.5, 0.6) is 0 Å². The van der Waals surface area contributed by atoms with Crippen LogP contribution < -0.4 is 5.73 Å². The minimum atomic E-state index is -3.56. The molecule has 0 aliphatic carbocycles. The quantitative estimate of drug-likeness (QED) is 0.817. The Morgan fingerprint density at radius 2 is 1.78 bits per heavy atom. The first-order valence-electron chi connectivity index (χ1n) is 9.45. The zero-order valence-electron chi connectivity index (χ0n) is 16.1. The van der Waals surface area contributed by atoms with Crippen LogP contribution in [0.4, 0.5) is 0 Å². The van der Waals surface area contributed by atoms with Crippen molar-refractivity contribution in [2.75, 3.05) is 45.9 Å². The molecule has 3 rings (SSSR count). The molecule has 7 nitrogen and oxygen atoms in total. The Kier molecular flexibility index (Phi) is 5.90. The molecule has 2 heterocycles. The second kappa shape index (κ2) is 7.87. The SMILES string of the molecule is Cc1ccc(C)c(S(=O)(=O)N2CCN(C(=O)C3(CN)CCOCC3)CC2)c1. The molecule has 1 aromatic rings. The number of carbonyl (C=O) groups excluding carboxylic acids is 1. The van der Waals surface area contributed by atoms with Crippen molar-refractivity contribution in [3.05, 3.63) is 29.3 Å². The summed E-state index contributed by atoms with van der Waals surface area (Å²) in [5, 5.41) is 0. The molecule has 2 fully saturated rings. The third kappa shape index (κ3) is 3.89. The molecule has 0 unspecified atom stereocenters. The fourth-order valence-corrected chi connectivity index (χ4v) is 5.59. The zero-order valence-corrected chi connectivity index (χ0v) is 16.9. The Bertz CT molecular complexity index is 795. The number of aryl methyl sites for hydroxylation is 2. The number of hydrogen-bond acceptors (Lipinski definition) is 5. The molecular weight excluding hydrogens is 366 g/mol. The van der Waals surface area contributed by atoms with Crippen LogP contribution in [0.1, 0.15) is 24.0 Å². The summed E-state index contributed by atoms with van der Waals surface area (Å²) in [6.45, 7) is 6.48. The summed E-state index contributed by atoms with van der Waals surface area (Å²) in [4.78, 5) is 15.2. The van der Waals surface area contributed by atoms with Gasteiger partial charge in [0.2, 0.25) is 15.9 Å². The van der Waals surface area contributed by atoms with Gasteiger partial charge >= 0.3 is 0 Å². The van der Waals surface area contributed by atoms with Gasteiger partial charge in [0, 0.05) is 45.9 Å². The van der Waals surface area contributed by atoms with Crippen LogP contribution in [0.2, 0.25) is 0 Å². The lowest BCUT2D eigenvalue weighted by molar-refractivity contribution is -0.148. The van der Waals surface area contributed by atoms with E-state index in [2.05, 4.69) is 0 Å². The lowest BCUT2D eigenvalue weighted by atomic mass is 9.78. The molecule has 0 atom stereocenters. The van der Waals surface area contributed by atoms with Crippen LogP contribution in [0.25, 0.3) is 0 Å². The van der Waals surface area contributed by atoms with Gasteiger partial charge in [0.1, 0.15) is 0 Å². The molecule has 8 heteroatoms. The number of carbonyl (C=O) groups is 1. The van der Waals surface area contributed by atoms with Crippen molar-refractivity contribution >= 4 is 15.9 Å². The molecule has 0 radical (unpaired) electrons. The third-order valence-electron chi connectivity index (χ3n) is 5.78. The monoisotopic (exact) mass is 395 g/mol. The van der Waals surface area contributed by atoms with Gasteiger partial charge < -0.3 is 15.4 Å². The fraction of sp³-hybridized carbons (Fsp3) is 0.632. The molecular formula is C19H29N3O4S. The highest BCUT2D eigenvalue weighted by molar-refractivity contribution is 7.89. The number of nitrogens with zero attached hydrogens (tertiary/aromatic N) is 2. The van der Waals surface area contributed by atoms with E-state index >= 15 is 0 Å². The molecule has 2 N–H and O–H groups in total. The molecule has 0 aromatic heterocycles. The van der Waals surface area contributed by atoms with E-state index in [0.29, 0.717) is 63.7 Å². The van der Waals surface area contributed by atoms with Gasteiger partial charge in [0.05, 0.1) is 10.3 Å². The summed E-state index contributed by atoms with van der Waals surface area (Å²) in [6.07, 6.45) is 1.26. The number of piperazine rings is 1. The number of amides is 1. The van der Waals surface area contributed by atoms with Gasteiger partial charge in [-0.15, -0.1) is 0 Å². The minimum Gasteiger partial charge on any atom is -0.381 e. The molecule has 1 aromatic carbocycles. The molecule has 27 heavy (non-hydrogen) atoms. The molecule has 2 saturated heterocycles. The largest absolute Gasteiger partial charge is 0.381 e. The van der Waals surface area contributed by atoms with Crippen LogP contribution in [0, 0.1) is 19.3 Å². The normalized spacial score (nSPS) is 21.2. The first-order valence-corrected chi connectivity index (χ1v) is 10.9. The second-order valence-electron chi connectivity index (χ2n) is 7.56. The summed E-state index contributed by atoms with van der Waals surface area (Å²) in [5.74, 6) is 0.0390. The van der Waals surface area contributed by atoms with Crippen molar-refractivity contribution in [2.45, 2.75) is 31.6 Å². The number of ether oxygens (including phenoxy) is 1. The average molecular weight is 396 g/mol. The minimum absolute atomic E-state index is 0.0390. The third-order valence-corrected chi connectivity index (χ3v) is 7.82. The highest BCUT2D eigenvalue weighted by Gasteiger charge is 2.43. The Hall–Kier alpha value is -1.48. The van der Waals surface area contributed by atoms with Gasteiger partial charge in [-0.3, -0.25) is 4.79 Å². The second-order valence-corrected chi connectivity index (χ2v) is 9.47. The summed E-state index contributed by atoms with van der Waals surface area (Å²) in [7, 11) is -3.56. The zero-order chi connectivity index (χ0) is 19.7. The van der Waals surface area contributed by atoms with Crippen LogP contribution in [0.3, 0.4) is 0 Å². The van der Waals surface area contributed by atoms with Gasteiger partial charge in [-0.05, 0) is 43.9 Å². The first kappa shape index (κ1) is 20.3. The maximum atomic E-state index is 13.1. The van der Waals surface area contributed by atoms with Crippen LogP contribution in [0.15, 0.2) is 23.1 Å². The van der Waals surface area contributed by atoms with Gasteiger partial charge in [-0.2, -0.15) is 4.31 Å². The van der Waals surface area contributed by atoms with E-state index < -0.39 is 15.4 Å². The van der Waals surface area contributed by atoms with Crippen molar-refractivity contribution in [2.24, 2.45) is 11.1 Å². The summed E-state index contributed by atoms with van der Waals surface area (Å²) in [5.41, 5.74) is 7.03. The van der Waals surface area contributed by atoms with E-state index in [0.717, 1.165) is 11.1 Å². The van der Waals surface area contributed by atoms with Gasteiger partial charge in [-0.25, -0.2) is 8.42 Å². The van der Waals surface area contributed by atoms with E-state index in [9.17, 15) is 13.2 Å². The van der Waals surface area contributed by atoms with Crippen molar-refractivity contribution < 1.29 is 17.9 Å². The highest BCUT2D eigenvalue weighted by atomic mass is 32.2. The van der Waals surface area contributed by atoms with Gasteiger partial charge in [0.25, 0.3) is 0 Å². The highest BCUT2D eigenvalue weighted by Crippen LogP contribution is 2.32. The van der Waals surface area contributed by atoms with Gasteiger partial charge in [0.15, 0.2) is 0 Å². The number of benzene rings is 1.